The Labute approximate surface area is 144 Å². The zero-order chi connectivity index (χ0) is 18.0. The molecule has 0 aliphatic carbocycles. The van der Waals surface area contributed by atoms with Crippen molar-refractivity contribution in [3.05, 3.63) is 75.8 Å². The lowest BCUT2D eigenvalue weighted by Gasteiger charge is -2.08. The molecule has 25 heavy (non-hydrogen) atoms. The molecule has 0 unspecified atom stereocenters. The fourth-order valence-electron chi connectivity index (χ4n) is 2.55. The molecule has 1 aromatic heterocycles. The molecule has 130 valence electrons. The normalized spacial score (nSPS) is 11.8. The van der Waals surface area contributed by atoms with Crippen LogP contribution in [-0.4, -0.2) is 19.9 Å². The third-order valence-corrected chi connectivity index (χ3v) is 5.40. The molecule has 3 aromatic rings. The Balaban J connectivity index is 1.71. The van der Waals surface area contributed by atoms with Crippen LogP contribution in [0.4, 0.5) is 4.39 Å². The molecule has 0 bridgehead atoms. The first-order valence-electron chi connectivity index (χ1n) is 7.73. The Hall–Kier alpha value is -2.51. The second kappa shape index (κ2) is 6.78. The van der Waals surface area contributed by atoms with Gasteiger partial charge in [-0.25, -0.2) is 17.5 Å². The molecule has 0 aliphatic heterocycles. The third-order valence-electron chi connectivity index (χ3n) is 3.92. The van der Waals surface area contributed by atoms with E-state index >= 15 is 0 Å². The number of aryl methyl sites for hydroxylation is 1. The van der Waals surface area contributed by atoms with E-state index in [4.69, 9.17) is 0 Å². The van der Waals surface area contributed by atoms with Crippen LogP contribution < -0.4 is 10.3 Å². The number of hydrogen-bond acceptors (Lipinski definition) is 3. The Morgan fingerprint density at radius 1 is 1.08 bits per heavy atom. The lowest BCUT2D eigenvalue weighted by Crippen LogP contribution is -2.26. The standard InChI is InChI=1S/C18H17FN2O3S/c1-12-10-14-11-13(2-7-17(14)21-18(12)22)8-9-20-25(23,24)16-5-3-15(19)4-6-16/h2-7,10-11,20H,8-9H2,1H3,(H,21,22). The summed E-state index contributed by atoms with van der Waals surface area (Å²) >= 11 is 0. The van der Waals surface area contributed by atoms with Crippen molar-refractivity contribution in [2.45, 2.75) is 18.2 Å². The Morgan fingerprint density at radius 2 is 1.80 bits per heavy atom. The smallest absolute Gasteiger partial charge is 0.251 e. The van der Waals surface area contributed by atoms with Gasteiger partial charge in [-0.1, -0.05) is 6.07 Å². The molecule has 0 fully saturated rings. The maximum absolute atomic E-state index is 12.9. The van der Waals surface area contributed by atoms with Gasteiger partial charge in [-0.3, -0.25) is 4.79 Å². The minimum Gasteiger partial charge on any atom is -0.322 e. The van der Waals surface area contributed by atoms with Gasteiger partial charge in [0.1, 0.15) is 5.82 Å². The maximum Gasteiger partial charge on any atom is 0.251 e. The highest BCUT2D eigenvalue weighted by molar-refractivity contribution is 7.89. The number of fused-ring (bicyclic) bond motifs is 1. The summed E-state index contributed by atoms with van der Waals surface area (Å²) in [5, 5.41) is 0.899. The predicted molar refractivity (Wildman–Crippen MR) is 94.6 cm³/mol. The van der Waals surface area contributed by atoms with E-state index in [-0.39, 0.29) is 17.0 Å². The van der Waals surface area contributed by atoms with Gasteiger partial charge in [0.25, 0.3) is 5.56 Å². The van der Waals surface area contributed by atoms with E-state index in [1.54, 1.807) is 19.1 Å². The van der Waals surface area contributed by atoms with Gasteiger partial charge in [0.15, 0.2) is 0 Å². The van der Waals surface area contributed by atoms with E-state index in [0.717, 1.165) is 28.6 Å². The zero-order valence-corrected chi connectivity index (χ0v) is 14.4. The number of hydrogen-bond donors (Lipinski definition) is 2. The number of nitrogens with one attached hydrogen (secondary N) is 2. The van der Waals surface area contributed by atoms with Gasteiger partial charge in [-0.05, 0) is 66.8 Å². The first-order valence-corrected chi connectivity index (χ1v) is 9.21. The van der Waals surface area contributed by atoms with Crippen LogP contribution in [-0.2, 0) is 16.4 Å². The number of benzene rings is 2. The number of sulfonamides is 1. The highest BCUT2D eigenvalue weighted by Gasteiger charge is 2.13. The molecule has 5 nitrogen and oxygen atoms in total. The number of aromatic amines is 1. The molecule has 0 atom stereocenters. The molecule has 0 spiro atoms. The highest BCUT2D eigenvalue weighted by Crippen LogP contribution is 2.14. The van der Waals surface area contributed by atoms with Crippen LogP contribution in [0, 0.1) is 12.7 Å². The minimum absolute atomic E-state index is 0.0283. The van der Waals surface area contributed by atoms with Crippen molar-refractivity contribution in [3.63, 3.8) is 0 Å². The minimum atomic E-state index is -3.67. The summed E-state index contributed by atoms with van der Waals surface area (Å²) in [5.41, 5.74) is 2.20. The van der Waals surface area contributed by atoms with Gasteiger partial charge < -0.3 is 4.98 Å². The van der Waals surface area contributed by atoms with Gasteiger partial charge in [0, 0.05) is 17.6 Å². The highest BCUT2D eigenvalue weighted by atomic mass is 32.2. The molecule has 0 radical (unpaired) electrons. The number of halogens is 1. The Kier molecular flexibility index (Phi) is 4.69. The largest absolute Gasteiger partial charge is 0.322 e. The molecular formula is C18H17FN2O3S. The van der Waals surface area contributed by atoms with Gasteiger partial charge in [0.05, 0.1) is 4.90 Å². The summed E-state index contributed by atoms with van der Waals surface area (Å²) < 4.78 is 39.7. The molecule has 0 saturated carbocycles. The zero-order valence-electron chi connectivity index (χ0n) is 13.5. The third kappa shape index (κ3) is 3.94. The fourth-order valence-corrected chi connectivity index (χ4v) is 3.58. The predicted octanol–water partition coefficient (Wildman–Crippen LogP) is 2.50. The summed E-state index contributed by atoms with van der Waals surface area (Å²) in [4.78, 5) is 14.4. The first-order chi connectivity index (χ1) is 11.8. The monoisotopic (exact) mass is 360 g/mol. The average Bonchev–Trinajstić information content (AvgIpc) is 2.56. The molecule has 7 heteroatoms. The van der Waals surface area contributed by atoms with Crippen molar-refractivity contribution >= 4 is 20.9 Å². The van der Waals surface area contributed by atoms with Crippen molar-refractivity contribution < 1.29 is 12.8 Å². The summed E-state index contributed by atoms with van der Waals surface area (Å²) in [6, 6.07) is 12.1. The molecule has 3 rings (SSSR count). The van der Waals surface area contributed by atoms with Gasteiger partial charge >= 0.3 is 0 Å². The fraction of sp³-hybridized carbons (Fsp3) is 0.167. The molecule has 1 heterocycles. The van der Waals surface area contributed by atoms with Crippen molar-refractivity contribution in [1.82, 2.24) is 9.71 Å². The molecule has 0 aliphatic rings. The van der Waals surface area contributed by atoms with Crippen LogP contribution in [0.5, 0.6) is 0 Å². The average molecular weight is 360 g/mol. The number of pyridine rings is 1. The van der Waals surface area contributed by atoms with E-state index in [2.05, 4.69) is 9.71 Å². The van der Waals surface area contributed by atoms with E-state index in [1.165, 1.54) is 12.1 Å². The second-order valence-electron chi connectivity index (χ2n) is 5.80. The number of H-pyrrole nitrogens is 1. The summed E-state index contributed by atoms with van der Waals surface area (Å²) in [6.07, 6.45) is 0.495. The number of rotatable bonds is 5. The van der Waals surface area contributed by atoms with Crippen LogP contribution in [0.3, 0.4) is 0 Å². The summed E-state index contributed by atoms with van der Waals surface area (Å²) in [7, 11) is -3.67. The van der Waals surface area contributed by atoms with Gasteiger partial charge in [0.2, 0.25) is 10.0 Å². The summed E-state index contributed by atoms with van der Waals surface area (Å²) in [5.74, 6) is -0.483. The Morgan fingerprint density at radius 3 is 2.52 bits per heavy atom. The molecule has 2 aromatic carbocycles. The van der Waals surface area contributed by atoms with E-state index < -0.39 is 15.8 Å². The van der Waals surface area contributed by atoms with E-state index in [9.17, 15) is 17.6 Å². The van der Waals surface area contributed by atoms with Crippen molar-refractivity contribution in [2.24, 2.45) is 0 Å². The Bertz CT molecular complexity index is 1070. The lowest BCUT2D eigenvalue weighted by atomic mass is 10.1. The molecule has 2 N–H and O–H groups in total. The van der Waals surface area contributed by atoms with Crippen LogP contribution >= 0.6 is 0 Å². The topological polar surface area (TPSA) is 79.0 Å². The van der Waals surface area contributed by atoms with Crippen LogP contribution in [0.1, 0.15) is 11.1 Å². The van der Waals surface area contributed by atoms with Crippen LogP contribution in [0.15, 0.2) is 58.2 Å². The quantitative estimate of drug-likeness (QED) is 0.734. The van der Waals surface area contributed by atoms with Crippen molar-refractivity contribution in [1.29, 1.82) is 0 Å². The second-order valence-corrected chi connectivity index (χ2v) is 7.57. The van der Waals surface area contributed by atoms with Crippen molar-refractivity contribution in [2.75, 3.05) is 6.54 Å². The summed E-state index contributed by atoms with van der Waals surface area (Å²) in [6.45, 7) is 1.95. The molecule has 0 saturated heterocycles. The lowest BCUT2D eigenvalue weighted by molar-refractivity contribution is 0.580. The molecular weight excluding hydrogens is 343 g/mol. The van der Waals surface area contributed by atoms with E-state index in [1.807, 2.05) is 12.1 Å². The van der Waals surface area contributed by atoms with E-state index in [0.29, 0.717) is 12.0 Å². The van der Waals surface area contributed by atoms with Gasteiger partial charge in [-0.2, -0.15) is 0 Å². The van der Waals surface area contributed by atoms with Crippen LogP contribution in [0.25, 0.3) is 10.9 Å². The maximum atomic E-state index is 12.9. The first kappa shape index (κ1) is 17.3. The van der Waals surface area contributed by atoms with Gasteiger partial charge in [-0.15, -0.1) is 0 Å². The molecule has 0 amide bonds. The number of aromatic nitrogens is 1. The SMILES string of the molecule is Cc1cc2cc(CCNS(=O)(=O)c3ccc(F)cc3)ccc2[nH]c1=O. The van der Waals surface area contributed by atoms with Crippen molar-refractivity contribution in [3.8, 4) is 0 Å². The van der Waals surface area contributed by atoms with Crippen LogP contribution in [0.2, 0.25) is 0 Å².